The molecule has 1 aliphatic carbocycles. The van der Waals surface area contributed by atoms with Gasteiger partial charge in [0.1, 0.15) is 0 Å². The minimum absolute atomic E-state index is 0.137. The highest BCUT2D eigenvalue weighted by molar-refractivity contribution is 7.99. The van der Waals surface area contributed by atoms with E-state index < -0.39 is 0 Å². The Hall–Kier alpha value is -1.31. The molecule has 2 aliphatic rings. The SMILES string of the molecule is CCn1nc(C(=O)N2CCSCC2)c2c1CC[C@H](NCCc1cccs1)C2. The number of amides is 1. The highest BCUT2D eigenvalue weighted by Crippen LogP contribution is 2.26. The molecule has 0 radical (unpaired) electrons. The standard InChI is InChI=1S/C20H28N4OS2/c1-2-24-18-6-5-15(21-8-7-16-4-3-11-27-16)14-17(18)19(22-24)20(25)23-9-12-26-13-10-23/h3-4,11,15,21H,2,5-10,12-14H2,1H3/t15-/m0/s1. The molecule has 0 aromatic carbocycles. The zero-order chi connectivity index (χ0) is 18.6. The van der Waals surface area contributed by atoms with Crippen LogP contribution in [0.3, 0.4) is 0 Å². The summed E-state index contributed by atoms with van der Waals surface area (Å²) in [5.41, 5.74) is 3.19. The smallest absolute Gasteiger partial charge is 0.274 e. The van der Waals surface area contributed by atoms with Crippen molar-refractivity contribution < 1.29 is 4.79 Å². The molecule has 1 fully saturated rings. The molecule has 3 heterocycles. The Bertz CT molecular complexity index is 765. The zero-order valence-electron chi connectivity index (χ0n) is 15.9. The Balaban J connectivity index is 1.45. The Morgan fingerprint density at radius 1 is 1.37 bits per heavy atom. The van der Waals surface area contributed by atoms with E-state index in [1.165, 1.54) is 16.1 Å². The van der Waals surface area contributed by atoms with E-state index in [9.17, 15) is 4.79 Å². The number of nitrogens with zero attached hydrogens (tertiary/aromatic N) is 3. The quantitative estimate of drug-likeness (QED) is 0.804. The Morgan fingerprint density at radius 3 is 2.96 bits per heavy atom. The monoisotopic (exact) mass is 404 g/mol. The number of thiophene rings is 1. The topological polar surface area (TPSA) is 50.2 Å². The molecule has 1 aliphatic heterocycles. The second kappa shape index (κ2) is 8.80. The minimum Gasteiger partial charge on any atom is -0.336 e. The van der Waals surface area contributed by atoms with E-state index in [0.29, 0.717) is 11.7 Å². The summed E-state index contributed by atoms with van der Waals surface area (Å²) in [4.78, 5) is 16.5. The normalized spacial score (nSPS) is 19.9. The predicted octanol–water partition coefficient (Wildman–Crippen LogP) is 2.84. The maximum absolute atomic E-state index is 13.1. The summed E-state index contributed by atoms with van der Waals surface area (Å²) in [5.74, 6) is 2.21. The van der Waals surface area contributed by atoms with Gasteiger partial charge in [0.15, 0.2) is 5.69 Å². The van der Waals surface area contributed by atoms with Crippen molar-refractivity contribution in [1.82, 2.24) is 20.0 Å². The van der Waals surface area contributed by atoms with E-state index >= 15 is 0 Å². The van der Waals surface area contributed by atoms with E-state index in [0.717, 1.165) is 63.4 Å². The van der Waals surface area contributed by atoms with E-state index in [2.05, 4.69) is 34.4 Å². The van der Waals surface area contributed by atoms with Gasteiger partial charge in [0.2, 0.25) is 0 Å². The Labute approximate surface area is 169 Å². The van der Waals surface area contributed by atoms with Gasteiger partial charge in [-0.15, -0.1) is 11.3 Å². The number of aryl methyl sites for hydroxylation is 1. The molecule has 1 saturated heterocycles. The summed E-state index contributed by atoms with van der Waals surface area (Å²) in [6, 6.07) is 4.75. The van der Waals surface area contributed by atoms with E-state index in [-0.39, 0.29) is 5.91 Å². The number of thioether (sulfide) groups is 1. The first-order valence-corrected chi connectivity index (χ1v) is 12.0. The molecule has 27 heavy (non-hydrogen) atoms. The third kappa shape index (κ3) is 4.25. The van der Waals surface area contributed by atoms with Crippen LogP contribution in [0.5, 0.6) is 0 Å². The van der Waals surface area contributed by atoms with Crippen LogP contribution in [0, 0.1) is 0 Å². The molecule has 1 N–H and O–H groups in total. The lowest BCUT2D eigenvalue weighted by atomic mass is 9.91. The van der Waals surface area contributed by atoms with Gasteiger partial charge in [-0.2, -0.15) is 16.9 Å². The highest BCUT2D eigenvalue weighted by Gasteiger charge is 2.31. The van der Waals surface area contributed by atoms with Gasteiger partial charge in [-0.3, -0.25) is 9.48 Å². The van der Waals surface area contributed by atoms with Crippen LogP contribution in [0.25, 0.3) is 0 Å². The zero-order valence-corrected chi connectivity index (χ0v) is 17.6. The lowest BCUT2D eigenvalue weighted by molar-refractivity contribution is 0.0764. The second-order valence-corrected chi connectivity index (χ2v) is 9.47. The van der Waals surface area contributed by atoms with Gasteiger partial charge < -0.3 is 10.2 Å². The van der Waals surface area contributed by atoms with Crippen molar-refractivity contribution in [3.8, 4) is 0 Å². The number of hydrogen-bond acceptors (Lipinski definition) is 5. The van der Waals surface area contributed by atoms with Gasteiger partial charge in [0.05, 0.1) is 0 Å². The van der Waals surface area contributed by atoms with Gasteiger partial charge in [-0.1, -0.05) is 6.07 Å². The van der Waals surface area contributed by atoms with Crippen molar-refractivity contribution in [3.05, 3.63) is 39.3 Å². The average Bonchev–Trinajstić information content (AvgIpc) is 3.35. The number of nitrogens with one attached hydrogen (secondary N) is 1. The first-order chi connectivity index (χ1) is 13.3. The van der Waals surface area contributed by atoms with Gasteiger partial charge in [0.25, 0.3) is 5.91 Å². The lowest BCUT2D eigenvalue weighted by Crippen LogP contribution is -2.40. The van der Waals surface area contributed by atoms with Crippen LogP contribution in [0.2, 0.25) is 0 Å². The van der Waals surface area contributed by atoms with Gasteiger partial charge >= 0.3 is 0 Å². The Kier molecular flexibility index (Phi) is 6.20. The van der Waals surface area contributed by atoms with Crippen LogP contribution < -0.4 is 5.32 Å². The molecule has 4 rings (SSSR count). The summed E-state index contributed by atoms with van der Waals surface area (Å²) in [6.45, 7) is 5.64. The van der Waals surface area contributed by atoms with Gasteiger partial charge in [-0.05, 0) is 44.1 Å². The fraction of sp³-hybridized carbons (Fsp3) is 0.600. The molecule has 146 valence electrons. The minimum atomic E-state index is 0.137. The molecule has 1 amide bonds. The Morgan fingerprint density at radius 2 is 2.22 bits per heavy atom. The third-order valence-electron chi connectivity index (χ3n) is 5.53. The molecule has 0 bridgehead atoms. The van der Waals surface area contributed by atoms with Crippen LogP contribution in [-0.2, 0) is 25.8 Å². The number of carbonyl (C=O) groups is 1. The molecular weight excluding hydrogens is 376 g/mol. The molecule has 0 unspecified atom stereocenters. The number of hydrogen-bond donors (Lipinski definition) is 1. The second-order valence-electron chi connectivity index (χ2n) is 7.22. The third-order valence-corrected chi connectivity index (χ3v) is 7.41. The fourth-order valence-corrected chi connectivity index (χ4v) is 5.68. The number of aromatic nitrogens is 2. The first kappa shape index (κ1) is 19.0. The lowest BCUT2D eigenvalue weighted by Gasteiger charge is -2.27. The molecule has 0 saturated carbocycles. The number of fused-ring (bicyclic) bond motifs is 1. The van der Waals surface area contributed by atoms with E-state index in [1.807, 2.05) is 28.0 Å². The van der Waals surface area contributed by atoms with E-state index in [1.54, 1.807) is 0 Å². The van der Waals surface area contributed by atoms with Crippen LogP contribution in [0.15, 0.2) is 17.5 Å². The average molecular weight is 405 g/mol. The molecule has 2 aromatic heterocycles. The van der Waals surface area contributed by atoms with E-state index in [4.69, 9.17) is 5.10 Å². The summed E-state index contributed by atoms with van der Waals surface area (Å²) in [7, 11) is 0. The number of rotatable bonds is 6. The summed E-state index contributed by atoms with van der Waals surface area (Å²) in [6.07, 6.45) is 4.13. The summed E-state index contributed by atoms with van der Waals surface area (Å²) >= 11 is 3.75. The molecule has 1 atom stereocenters. The molecular formula is C20H28N4OS2. The maximum atomic E-state index is 13.1. The summed E-state index contributed by atoms with van der Waals surface area (Å²) < 4.78 is 2.06. The van der Waals surface area contributed by atoms with Crippen LogP contribution in [-0.4, -0.2) is 57.8 Å². The van der Waals surface area contributed by atoms with Crippen LogP contribution >= 0.6 is 23.1 Å². The van der Waals surface area contributed by atoms with Crippen molar-refractivity contribution in [2.45, 2.75) is 45.2 Å². The highest BCUT2D eigenvalue weighted by atomic mass is 32.2. The summed E-state index contributed by atoms with van der Waals surface area (Å²) in [5, 5.41) is 10.6. The predicted molar refractivity (Wildman–Crippen MR) is 113 cm³/mol. The van der Waals surface area contributed by atoms with Crippen molar-refractivity contribution in [2.24, 2.45) is 0 Å². The molecule has 2 aromatic rings. The molecule has 0 spiro atoms. The van der Waals surface area contributed by atoms with Crippen molar-refractivity contribution in [3.63, 3.8) is 0 Å². The van der Waals surface area contributed by atoms with Gasteiger partial charge in [0, 0.05) is 59.9 Å². The molecule has 5 nitrogen and oxygen atoms in total. The van der Waals surface area contributed by atoms with Crippen molar-refractivity contribution >= 4 is 29.0 Å². The van der Waals surface area contributed by atoms with Gasteiger partial charge in [-0.25, -0.2) is 0 Å². The fourth-order valence-electron chi connectivity index (χ4n) is 4.07. The van der Waals surface area contributed by atoms with Crippen molar-refractivity contribution in [2.75, 3.05) is 31.1 Å². The van der Waals surface area contributed by atoms with Crippen LogP contribution in [0.1, 0.15) is 40.0 Å². The first-order valence-electron chi connectivity index (χ1n) is 9.97. The molecule has 7 heteroatoms. The van der Waals surface area contributed by atoms with Crippen molar-refractivity contribution in [1.29, 1.82) is 0 Å². The number of carbonyl (C=O) groups excluding carboxylic acids is 1. The largest absolute Gasteiger partial charge is 0.336 e. The van der Waals surface area contributed by atoms with Crippen LogP contribution in [0.4, 0.5) is 0 Å². The maximum Gasteiger partial charge on any atom is 0.274 e.